The number of benzene rings is 2. The van der Waals surface area contributed by atoms with E-state index in [1.165, 1.54) is 0 Å². The molecule has 0 bridgehead atoms. The summed E-state index contributed by atoms with van der Waals surface area (Å²) in [6.07, 6.45) is 1.92. The van der Waals surface area contributed by atoms with Gasteiger partial charge in [0.05, 0.1) is 18.1 Å². The molecule has 0 saturated carbocycles. The molecule has 30 heavy (non-hydrogen) atoms. The lowest BCUT2D eigenvalue weighted by molar-refractivity contribution is -0.122. The molecule has 1 fully saturated rings. The van der Waals surface area contributed by atoms with E-state index >= 15 is 0 Å². The van der Waals surface area contributed by atoms with Crippen LogP contribution in [0.4, 0.5) is 11.4 Å². The van der Waals surface area contributed by atoms with Gasteiger partial charge >= 0.3 is 5.97 Å². The molecule has 2 amide bonds. The average molecular weight is 429 g/mol. The summed E-state index contributed by atoms with van der Waals surface area (Å²) in [5.41, 5.74) is 2.54. The highest BCUT2D eigenvalue weighted by molar-refractivity contribution is 6.31. The first-order valence-electron chi connectivity index (χ1n) is 10.0. The fourth-order valence-corrected chi connectivity index (χ4v) is 3.50. The van der Waals surface area contributed by atoms with Gasteiger partial charge in [-0.3, -0.25) is 9.59 Å². The molecule has 1 atom stereocenters. The number of hydrogen-bond acceptors (Lipinski definition) is 4. The van der Waals surface area contributed by atoms with Crippen LogP contribution in [0.2, 0.25) is 5.02 Å². The molecule has 0 radical (unpaired) electrons. The molecular formula is C23H25ClN2O4. The number of ether oxygens (including phenoxy) is 1. The van der Waals surface area contributed by atoms with Gasteiger partial charge in [-0.1, -0.05) is 31.0 Å². The Hall–Kier alpha value is -2.86. The van der Waals surface area contributed by atoms with Gasteiger partial charge < -0.3 is 15.0 Å². The van der Waals surface area contributed by atoms with Crippen LogP contribution in [0.3, 0.4) is 0 Å². The number of carbonyl (C=O) groups is 3. The van der Waals surface area contributed by atoms with Gasteiger partial charge in [0.2, 0.25) is 11.8 Å². The van der Waals surface area contributed by atoms with E-state index in [0.717, 1.165) is 24.1 Å². The van der Waals surface area contributed by atoms with Crippen molar-refractivity contribution in [1.82, 2.24) is 0 Å². The van der Waals surface area contributed by atoms with E-state index in [0.29, 0.717) is 29.4 Å². The Morgan fingerprint density at radius 3 is 2.63 bits per heavy atom. The monoisotopic (exact) mass is 428 g/mol. The highest BCUT2D eigenvalue weighted by atomic mass is 35.5. The van der Waals surface area contributed by atoms with E-state index < -0.39 is 5.92 Å². The number of hydrogen-bond donors (Lipinski definition) is 1. The zero-order chi connectivity index (χ0) is 21.7. The number of rotatable bonds is 7. The number of unbranched alkanes of at least 4 members (excludes halogenated alkanes) is 1. The molecule has 0 unspecified atom stereocenters. The van der Waals surface area contributed by atoms with Crippen molar-refractivity contribution in [3.8, 4) is 0 Å². The average Bonchev–Trinajstić information content (AvgIpc) is 3.12. The summed E-state index contributed by atoms with van der Waals surface area (Å²) < 4.78 is 5.18. The van der Waals surface area contributed by atoms with Crippen LogP contribution in [0.25, 0.3) is 0 Å². The molecule has 0 aliphatic carbocycles. The Morgan fingerprint density at radius 1 is 1.20 bits per heavy atom. The lowest BCUT2D eigenvalue weighted by Gasteiger charge is -2.19. The van der Waals surface area contributed by atoms with E-state index in [-0.39, 0.29) is 24.2 Å². The van der Waals surface area contributed by atoms with Gasteiger partial charge in [-0.15, -0.1) is 0 Å². The fourth-order valence-electron chi connectivity index (χ4n) is 3.33. The molecule has 1 heterocycles. The summed E-state index contributed by atoms with van der Waals surface area (Å²) in [6.45, 7) is 4.57. The fraction of sp³-hybridized carbons (Fsp3) is 0.348. The molecule has 6 nitrogen and oxygen atoms in total. The van der Waals surface area contributed by atoms with E-state index in [4.69, 9.17) is 16.3 Å². The van der Waals surface area contributed by atoms with Gasteiger partial charge in [0, 0.05) is 29.4 Å². The molecule has 2 aromatic carbocycles. The molecular weight excluding hydrogens is 404 g/mol. The largest absolute Gasteiger partial charge is 0.462 e. The maximum Gasteiger partial charge on any atom is 0.338 e. The summed E-state index contributed by atoms with van der Waals surface area (Å²) in [4.78, 5) is 38.7. The number of carbonyl (C=O) groups excluding carboxylic acids is 3. The normalized spacial score (nSPS) is 15.9. The molecule has 3 rings (SSSR count). The summed E-state index contributed by atoms with van der Waals surface area (Å²) in [7, 11) is 0. The van der Waals surface area contributed by atoms with Crippen LogP contribution in [0.1, 0.15) is 42.1 Å². The second-order valence-corrected chi connectivity index (χ2v) is 7.75. The summed E-state index contributed by atoms with van der Waals surface area (Å²) >= 11 is 6.17. The highest BCUT2D eigenvalue weighted by Crippen LogP contribution is 2.31. The van der Waals surface area contributed by atoms with Crippen LogP contribution in [-0.2, 0) is 14.3 Å². The predicted molar refractivity (Wildman–Crippen MR) is 117 cm³/mol. The van der Waals surface area contributed by atoms with Crippen LogP contribution < -0.4 is 10.2 Å². The van der Waals surface area contributed by atoms with Crippen LogP contribution in [0.15, 0.2) is 42.5 Å². The molecule has 0 spiro atoms. The van der Waals surface area contributed by atoms with E-state index in [9.17, 15) is 14.4 Å². The minimum atomic E-state index is -0.463. The summed E-state index contributed by atoms with van der Waals surface area (Å²) in [6, 6.07) is 11.9. The van der Waals surface area contributed by atoms with E-state index in [2.05, 4.69) is 5.32 Å². The van der Waals surface area contributed by atoms with Crippen molar-refractivity contribution in [3.05, 3.63) is 58.6 Å². The Labute approximate surface area is 181 Å². The Balaban J connectivity index is 1.60. The van der Waals surface area contributed by atoms with Gasteiger partial charge in [0.25, 0.3) is 0 Å². The first kappa shape index (κ1) is 21.8. The van der Waals surface area contributed by atoms with Crippen LogP contribution in [-0.4, -0.2) is 30.9 Å². The molecule has 1 aliphatic rings. The zero-order valence-electron chi connectivity index (χ0n) is 17.1. The number of anilines is 2. The standard InChI is InChI=1S/C23H25ClN2O4/c1-3-4-12-30-23(29)16-8-10-18(11-9-16)25-22(28)17-13-21(27)26(14-17)20-7-5-6-19(24)15(20)2/h5-11,17H,3-4,12-14H2,1-2H3,(H,25,28)/t17-/m0/s1. The van der Waals surface area contributed by atoms with Gasteiger partial charge in [0.1, 0.15) is 0 Å². The van der Waals surface area contributed by atoms with Gasteiger partial charge in [-0.25, -0.2) is 4.79 Å². The van der Waals surface area contributed by atoms with Crippen molar-refractivity contribution in [2.75, 3.05) is 23.4 Å². The van der Waals surface area contributed by atoms with Crippen LogP contribution >= 0.6 is 11.6 Å². The van der Waals surface area contributed by atoms with Crippen molar-refractivity contribution in [1.29, 1.82) is 0 Å². The molecule has 158 valence electrons. The Bertz CT molecular complexity index is 943. The number of nitrogens with one attached hydrogen (secondary N) is 1. The SMILES string of the molecule is CCCCOC(=O)c1ccc(NC(=O)[C@H]2CC(=O)N(c3cccc(Cl)c3C)C2)cc1. The van der Waals surface area contributed by atoms with Crippen molar-refractivity contribution in [2.45, 2.75) is 33.1 Å². The van der Waals surface area contributed by atoms with Crippen molar-refractivity contribution >= 4 is 40.8 Å². The molecule has 1 N–H and O–H groups in total. The third-order valence-electron chi connectivity index (χ3n) is 5.14. The first-order chi connectivity index (χ1) is 14.4. The molecule has 1 saturated heterocycles. The van der Waals surface area contributed by atoms with E-state index in [1.54, 1.807) is 41.3 Å². The van der Waals surface area contributed by atoms with E-state index in [1.807, 2.05) is 19.9 Å². The Kier molecular flexibility index (Phi) is 7.11. The minimum absolute atomic E-state index is 0.106. The maximum absolute atomic E-state index is 12.7. The topological polar surface area (TPSA) is 75.7 Å². The van der Waals surface area contributed by atoms with Crippen molar-refractivity contribution in [3.63, 3.8) is 0 Å². The first-order valence-corrected chi connectivity index (χ1v) is 10.4. The number of esters is 1. The summed E-state index contributed by atoms with van der Waals surface area (Å²) in [5, 5.41) is 3.41. The third-order valence-corrected chi connectivity index (χ3v) is 5.55. The van der Waals surface area contributed by atoms with Crippen molar-refractivity contribution < 1.29 is 19.1 Å². The van der Waals surface area contributed by atoms with Gasteiger partial charge in [-0.2, -0.15) is 0 Å². The molecule has 7 heteroatoms. The predicted octanol–water partition coefficient (Wildman–Crippen LogP) is 4.60. The van der Waals surface area contributed by atoms with Gasteiger partial charge in [-0.05, 0) is 55.3 Å². The lowest BCUT2D eigenvalue weighted by Crippen LogP contribution is -2.28. The number of halogens is 1. The molecule has 1 aliphatic heterocycles. The van der Waals surface area contributed by atoms with Crippen LogP contribution in [0.5, 0.6) is 0 Å². The number of amides is 2. The quantitative estimate of drug-likeness (QED) is 0.516. The summed E-state index contributed by atoms with van der Waals surface area (Å²) in [5.74, 6) is -1.18. The lowest BCUT2D eigenvalue weighted by atomic mass is 10.1. The molecule has 0 aromatic heterocycles. The molecule has 2 aromatic rings. The van der Waals surface area contributed by atoms with Gasteiger partial charge in [0.15, 0.2) is 0 Å². The minimum Gasteiger partial charge on any atom is -0.462 e. The van der Waals surface area contributed by atoms with Crippen LogP contribution in [0, 0.1) is 12.8 Å². The second-order valence-electron chi connectivity index (χ2n) is 7.35. The maximum atomic E-state index is 12.7. The van der Waals surface area contributed by atoms with Crippen molar-refractivity contribution in [2.24, 2.45) is 5.92 Å². The number of nitrogens with zero attached hydrogens (tertiary/aromatic N) is 1. The Morgan fingerprint density at radius 2 is 1.93 bits per heavy atom. The highest BCUT2D eigenvalue weighted by Gasteiger charge is 2.35. The third kappa shape index (κ3) is 5.00. The second kappa shape index (κ2) is 9.76. The smallest absolute Gasteiger partial charge is 0.338 e. The zero-order valence-corrected chi connectivity index (χ0v) is 17.9.